The molecule has 2 heterocycles. The summed E-state index contributed by atoms with van der Waals surface area (Å²) in [5.41, 5.74) is 0. The van der Waals surface area contributed by atoms with Crippen LogP contribution in [0.3, 0.4) is 0 Å². The van der Waals surface area contributed by atoms with Crippen molar-refractivity contribution in [2.24, 2.45) is 5.92 Å². The van der Waals surface area contributed by atoms with E-state index in [0.29, 0.717) is 0 Å². The average Bonchev–Trinajstić information content (AvgIpc) is 2.65. The van der Waals surface area contributed by atoms with Crippen molar-refractivity contribution in [2.75, 3.05) is 18.0 Å². The number of rotatable bonds is 2. The lowest BCUT2D eigenvalue weighted by Crippen LogP contribution is -2.35. The van der Waals surface area contributed by atoms with Crippen LogP contribution in [-0.4, -0.2) is 22.4 Å². The highest BCUT2D eigenvalue weighted by Gasteiger charge is 2.20. The average molecular weight is 211 g/mol. The van der Waals surface area contributed by atoms with E-state index >= 15 is 0 Å². The van der Waals surface area contributed by atoms with Crippen molar-refractivity contribution >= 4 is 16.7 Å². The van der Waals surface area contributed by atoms with Crippen molar-refractivity contribution < 1.29 is 0 Å². The number of hydrogen-bond donors (Lipinski definition) is 0. The first-order chi connectivity index (χ1) is 6.79. The van der Waals surface area contributed by atoms with E-state index in [4.69, 9.17) is 0 Å². The SMILES string of the molecule is CCC1CCCN(c2nc(C)ns2)C1. The molecule has 1 aliphatic rings. The lowest BCUT2D eigenvalue weighted by Gasteiger charge is -2.31. The van der Waals surface area contributed by atoms with E-state index < -0.39 is 0 Å². The summed E-state index contributed by atoms with van der Waals surface area (Å²) in [4.78, 5) is 6.83. The highest BCUT2D eigenvalue weighted by molar-refractivity contribution is 7.09. The number of hydrogen-bond acceptors (Lipinski definition) is 4. The molecule has 0 amide bonds. The molecule has 1 aromatic heterocycles. The molecule has 1 atom stereocenters. The predicted molar refractivity (Wildman–Crippen MR) is 59.9 cm³/mol. The van der Waals surface area contributed by atoms with Crippen LogP contribution in [-0.2, 0) is 0 Å². The van der Waals surface area contributed by atoms with Gasteiger partial charge in [-0.15, -0.1) is 0 Å². The smallest absolute Gasteiger partial charge is 0.205 e. The highest BCUT2D eigenvalue weighted by Crippen LogP contribution is 2.25. The molecule has 78 valence electrons. The minimum atomic E-state index is 0.855. The minimum absolute atomic E-state index is 0.855. The van der Waals surface area contributed by atoms with E-state index in [2.05, 4.69) is 21.2 Å². The Morgan fingerprint density at radius 3 is 3.07 bits per heavy atom. The minimum Gasteiger partial charge on any atom is -0.347 e. The summed E-state index contributed by atoms with van der Waals surface area (Å²) < 4.78 is 4.23. The molecule has 0 aromatic carbocycles. The van der Waals surface area contributed by atoms with Gasteiger partial charge in [-0.2, -0.15) is 4.37 Å². The van der Waals surface area contributed by atoms with E-state index in [-0.39, 0.29) is 0 Å². The first-order valence-corrected chi connectivity index (χ1v) is 6.12. The summed E-state index contributed by atoms with van der Waals surface area (Å²) in [5, 5.41) is 1.11. The van der Waals surface area contributed by atoms with Crippen molar-refractivity contribution in [3.05, 3.63) is 5.82 Å². The molecule has 0 aliphatic carbocycles. The van der Waals surface area contributed by atoms with Crippen molar-refractivity contribution in [3.8, 4) is 0 Å². The van der Waals surface area contributed by atoms with Crippen LogP contribution in [0.25, 0.3) is 0 Å². The molecule has 0 spiro atoms. The van der Waals surface area contributed by atoms with Gasteiger partial charge < -0.3 is 4.90 Å². The maximum absolute atomic E-state index is 4.44. The summed E-state index contributed by atoms with van der Waals surface area (Å²) in [7, 11) is 0. The molecule has 2 rings (SSSR count). The fourth-order valence-corrected chi connectivity index (χ4v) is 2.70. The van der Waals surface area contributed by atoms with Crippen LogP contribution in [0.1, 0.15) is 32.0 Å². The Kier molecular flexibility index (Phi) is 3.01. The van der Waals surface area contributed by atoms with Gasteiger partial charge in [0.2, 0.25) is 5.13 Å². The lowest BCUT2D eigenvalue weighted by molar-refractivity contribution is 0.404. The molecule has 0 bridgehead atoms. The molecular formula is C10H17N3S. The number of aromatic nitrogens is 2. The Bertz CT molecular complexity index is 297. The zero-order valence-corrected chi connectivity index (χ0v) is 9.68. The Morgan fingerprint density at radius 1 is 1.57 bits per heavy atom. The van der Waals surface area contributed by atoms with Gasteiger partial charge in [-0.3, -0.25) is 0 Å². The molecule has 1 fully saturated rings. The van der Waals surface area contributed by atoms with Crippen molar-refractivity contribution in [1.82, 2.24) is 9.36 Å². The molecule has 1 aliphatic heterocycles. The van der Waals surface area contributed by atoms with Crippen LogP contribution < -0.4 is 4.90 Å². The van der Waals surface area contributed by atoms with E-state index in [0.717, 1.165) is 23.4 Å². The Labute approximate surface area is 89.3 Å². The largest absolute Gasteiger partial charge is 0.347 e. The topological polar surface area (TPSA) is 29.0 Å². The maximum atomic E-state index is 4.44. The van der Waals surface area contributed by atoms with Crippen molar-refractivity contribution in [2.45, 2.75) is 33.1 Å². The van der Waals surface area contributed by atoms with Crippen LogP contribution >= 0.6 is 11.5 Å². The van der Waals surface area contributed by atoms with Gasteiger partial charge in [0.05, 0.1) is 0 Å². The van der Waals surface area contributed by atoms with Gasteiger partial charge in [-0.05, 0) is 25.7 Å². The summed E-state index contributed by atoms with van der Waals surface area (Å²) in [6.45, 7) is 6.57. The van der Waals surface area contributed by atoms with Crippen LogP contribution in [0.2, 0.25) is 0 Å². The third-order valence-corrected chi connectivity index (χ3v) is 3.75. The van der Waals surface area contributed by atoms with Crippen molar-refractivity contribution in [1.29, 1.82) is 0 Å². The second kappa shape index (κ2) is 4.26. The molecule has 1 saturated heterocycles. The molecule has 0 radical (unpaired) electrons. The normalized spacial score (nSPS) is 22.7. The van der Waals surface area contributed by atoms with E-state index in [1.807, 2.05) is 6.92 Å². The summed E-state index contributed by atoms with van der Waals surface area (Å²) in [6.07, 6.45) is 3.97. The first-order valence-electron chi connectivity index (χ1n) is 5.35. The summed E-state index contributed by atoms with van der Waals surface area (Å²) in [5.74, 6) is 1.76. The van der Waals surface area contributed by atoms with Gasteiger partial charge in [0.1, 0.15) is 5.82 Å². The van der Waals surface area contributed by atoms with Gasteiger partial charge in [0.25, 0.3) is 0 Å². The molecule has 14 heavy (non-hydrogen) atoms. The van der Waals surface area contributed by atoms with Crippen LogP contribution in [0.5, 0.6) is 0 Å². The van der Waals surface area contributed by atoms with E-state index in [9.17, 15) is 0 Å². The molecular weight excluding hydrogens is 194 g/mol. The standard InChI is InChI=1S/C10H17N3S/c1-3-9-5-4-6-13(7-9)10-11-8(2)12-14-10/h9H,3-7H2,1-2H3. The fourth-order valence-electron chi connectivity index (χ4n) is 1.99. The Morgan fingerprint density at radius 2 is 2.43 bits per heavy atom. The van der Waals surface area contributed by atoms with Crippen molar-refractivity contribution in [3.63, 3.8) is 0 Å². The van der Waals surface area contributed by atoms with Gasteiger partial charge in [0.15, 0.2) is 0 Å². The Hall–Kier alpha value is -0.640. The quantitative estimate of drug-likeness (QED) is 0.752. The molecule has 1 aromatic rings. The Balaban J connectivity index is 2.04. The van der Waals surface area contributed by atoms with Crippen LogP contribution in [0.15, 0.2) is 0 Å². The number of aryl methyl sites for hydroxylation is 1. The van der Waals surface area contributed by atoms with Crippen LogP contribution in [0, 0.1) is 12.8 Å². The number of piperidine rings is 1. The van der Waals surface area contributed by atoms with Gasteiger partial charge in [-0.1, -0.05) is 13.3 Å². The molecule has 0 N–H and O–H groups in total. The van der Waals surface area contributed by atoms with Gasteiger partial charge in [0, 0.05) is 24.6 Å². The highest BCUT2D eigenvalue weighted by atomic mass is 32.1. The number of anilines is 1. The second-order valence-electron chi connectivity index (χ2n) is 3.99. The summed E-state index contributed by atoms with van der Waals surface area (Å²) in [6, 6.07) is 0. The zero-order chi connectivity index (χ0) is 9.97. The van der Waals surface area contributed by atoms with E-state index in [1.165, 1.54) is 37.3 Å². The lowest BCUT2D eigenvalue weighted by atomic mass is 9.96. The van der Waals surface area contributed by atoms with Gasteiger partial charge >= 0.3 is 0 Å². The third-order valence-electron chi connectivity index (χ3n) is 2.88. The number of nitrogens with zero attached hydrogens (tertiary/aromatic N) is 3. The second-order valence-corrected chi connectivity index (χ2v) is 4.72. The zero-order valence-electron chi connectivity index (χ0n) is 8.86. The predicted octanol–water partition coefficient (Wildman–Crippen LogP) is 2.47. The monoisotopic (exact) mass is 211 g/mol. The van der Waals surface area contributed by atoms with Crippen LogP contribution in [0.4, 0.5) is 5.13 Å². The molecule has 3 nitrogen and oxygen atoms in total. The summed E-state index contributed by atoms with van der Waals surface area (Å²) >= 11 is 1.53. The maximum Gasteiger partial charge on any atom is 0.205 e. The first kappa shape index (κ1) is 9.90. The molecule has 1 unspecified atom stereocenters. The fraction of sp³-hybridized carbons (Fsp3) is 0.800. The van der Waals surface area contributed by atoms with E-state index in [1.54, 1.807) is 0 Å². The van der Waals surface area contributed by atoms with Gasteiger partial charge in [-0.25, -0.2) is 4.98 Å². The molecule has 4 heteroatoms. The third kappa shape index (κ3) is 2.05. The molecule has 0 saturated carbocycles.